The Morgan fingerprint density at radius 2 is 2.29 bits per heavy atom. The van der Waals surface area contributed by atoms with Gasteiger partial charge in [0.2, 0.25) is 0 Å². The third kappa shape index (κ3) is 3.56. The van der Waals surface area contributed by atoms with Gasteiger partial charge in [-0.15, -0.1) is 11.3 Å². The van der Waals surface area contributed by atoms with E-state index in [1.807, 2.05) is 31.4 Å². The Hall–Kier alpha value is -2.41. The highest BCUT2D eigenvalue weighted by atomic mass is 32.1. The van der Waals surface area contributed by atoms with Gasteiger partial charge in [0.15, 0.2) is 6.61 Å². The van der Waals surface area contributed by atoms with Gasteiger partial charge in [0.1, 0.15) is 12.3 Å². The maximum absolute atomic E-state index is 12.2. The maximum Gasteiger partial charge on any atom is 0.326 e. The van der Waals surface area contributed by atoms with Crippen LogP contribution in [0.2, 0.25) is 0 Å². The largest absolute Gasteiger partial charge is 0.482 e. The molecule has 6 nitrogen and oxygen atoms in total. The molecule has 1 aromatic carbocycles. The van der Waals surface area contributed by atoms with Crippen LogP contribution in [0.4, 0.5) is 5.69 Å². The van der Waals surface area contributed by atoms with E-state index in [1.54, 1.807) is 11.6 Å². The standard InChI is InChI=1S/C17H18N2O4S/c1-11(2)7-23-17(21)6-19-14-5-12(13-9-24-10-18-13)3-4-15(14)22-8-16(19)20/h3-5,9-11H,6-8H2,1-2H3. The predicted molar refractivity (Wildman–Crippen MR) is 91.2 cm³/mol. The smallest absolute Gasteiger partial charge is 0.326 e. The van der Waals surface area contributed by atoms with E-state index < -0.39 is 5.97 Å². The number of rotatable bonds is 5. The highest BCUT2D eigenvalue weighted by Gasteiger charge is 2.28. The van der Waals surface area contributed by atoms with E-state index in [1.165, 1.54) is 16.2 Å². The normalized spacial score (nSPS) is 13.6. The molecule has 2 heterocycles. The summed E-state index contributed by atoms with van der Waals surface area (Å²) in [6.07, 6.45) is 0. The Balaban J connectivity index is 1.84. The zero-order valence-corrected chi connectivity index (χ0v) is 14.3. The molecule has 1 amide bonds. The van der Waals surface area contributed by atoms with Crippen molar-refractivity contribution in [3.8, 4) is 17.0 Å². The lowest BCUT2D eigenvalue weighted by atomic mass is 10.1. The molecule has 0 atom stereocenters. The Bertz CT molecular complexity index is 743. The number of hydrogen-bond donors (Lipinski definition) is 0. The summed E-state index contributed by atoms with van der Waals surface area (Å²) in [4.78, 5) is 29.9. The molecule has 0 radical (unpaired) electrons. The van der Waals surface area contributed by atoms with E-state index in [0.717, 1.165) is 11.3 Å². The molecule has 24 heavy (non-hydrogen) atoms. The van der Waals surface area contributed by atoms with Crippen LogP contribution in [0.1, 0.15) is 13.8 Å². The molecular weight excluding hydrogens is 328 g/mol. The average Bonchev–Trinajstić information content (AvgIpc) is 3.09. The zero-order chi connectivity index (χ0) is 17.1. The van der Waals surface area contributed by atoms with E-state index in [2.05, 4.69) is 4.98 Å². The second-order valence-corrected chi connectivity index (χ2v) is 6.62. The third-order valence-electron chi connectivity index (χ3n) is 3.49. The fraction of sp³-hybridized carbons (Fsp3) is 0.353. The lowest BCUT2D eigenvalue weighted by Gasteiger charge is -2.29. The summed E-state index contributed by atoms with van der Waals surface area (Å²) in [6, 6.07) is 5.50. The van der Waals surface area contributed by atoms with Gasteiger partial charge in [-0.3, -0.25) is 14.5 Å². The number of benzene rings is 1. The number of carbonyl (C=O) groups is 2. The van der Waals surface area contributed by atoms with E-state index >= 15 is 0 Å². The zero-order valence-electron chi connectivity index (χ0n) is 13.5. The molecular formula is C17H18N2O4S. The van der Waals surface area contributed by atoms with Crippen LogP contribution < -0.4 is 9.64 Å². The van der Waals surface area contributed by atoms with Crippen molar-refractivity contribution in [2.75, 3.05) is 24.7 Å². The second-order valence-electron chi connectivity index (χ2n) is 5.90. The molecule has 0 aliphatic carbocycles. The van der Waals surface area contributed by atoms with Gasteiger partial charge >= 0.3 is 5.97 Å². The van der Waals surface area contributed by atoms with Crippen molar-refractivity contribution in [3.63, 3.8) is 0 Å². The van der Waals surface area contributed by atoms with Crippen LogP contribution in [0.5, 0.6) is 5.75 Å². The monoisotopic (exact) mass is 346 g/mol. The van der Waals surface area contributed by atoms with Crippen molar-refractivity contribution in [2.24, 2.45) is 5.92 Å². The fourth-order valence-electron chi connectivity index (χ4n) is 2.32. The number of ether oxygens (including phenoxy) is 2. The SMILES string of the molecule is CC(C)COC(=O)CN1C(=O)COc2ccc(-c3cscn3)cc21. The first kappa shape index (κ1) is 16.4. The highest BCUT2D eigenvalue weighted by Crippen LogP contribution is 2.35. The number of thiazole rings is 1. The first-order valence-corrected chi connectivity index (χ1v) is 8.60. The summed E-state index contributed by atoms with van der Waals surface area (Å²) in [5.74, 6) is 0.131. The number of anilines is 1. The second kappa shape index (κ2) is 7.00. The Kier molecular flexibility index (Phi) is 4.80. The Morgan fingerprint density at radius 1 is 1.46 bits per heavy atom. The van der Waals surface area contributed by atoms with Crippen molar-refractivity contribution in [2.45, 2.75) is 13.8 Å². The van der Waals surface area contributed by atoms with Crippen LogP contribution in [-0.4, -0.2) is 36.6 Å². The van der Waals surface area contributed by atoms with Crippen LogP contribution in [0.3, 0.4) is 0 Å². The minimum atomic E-state index is -0.427. The predicted octanol–water partition coefficient (Wildman–Crippen LogP) is 2.73. The van der Waals surface area contributed by atoms with Gasteiger partial charge in [0.05, 0.1) is 23.5 Å². The molecule has 1 aliphatic heterocycles. The van der Waals surface area contributed by atoms with Crippen LogP contribution >= 0.6 is 11.3 Å². The van der Waals surface area contributed by atoms with E-state index in [9.17, 15) is 9.59 Å². The van der Waals surface area contributed by atoms with E-state index in [0.29, 0.717) is 18.0 Å². The average molecular weight is 346 g/mol. The first-order valence-electron chi connectivity index (χ1n) is 7.66. The number of esters is 1. The number of carbonyl (C=O) groups excluding carboxylic acids is 2. The number of fused-ring (bicyclic) bond motifs is 1. The number of nitrogens with zero attached hydrogens (tertiary/aromatic N) is 2. The minimum absolute atomic E-state index is 0.0828. The van der Waals surface area contributed by atoms with Crippen molar-refractivity contribution in [3.05, 3.63) is 29.1 Å². The molecule has 7 heteroatoms. The molecule has 0 bridgehead atoms. The summed E-state index contributed by atoms with van der Waals surface area (Å²) < 4.78 is 10.6. The topological polar surface area (TPSA) is 68.7 Å². The third-order valence-corrected chi connectivity index (χ3v) is 4.08. The van der Waals surface area contributed by atoms with Gasteiger partial charge in [0.25, 0.3) is 5.91 Å². The van der Waals surface area contributed by atoms with E-state index in [-0.39, 0.29) is 25.0 Å². The molecule has 0 spiro atoms. The highest BCUT2D eigenvalue weighted by molar-refractivity contribution is 7.07. The summed E-state index contributed by atoms with van der Waals surface area (Å²) in [7, 11) is 0. The van der Waals surface area contributed by atoms with Gasteiger partial charge in [-0.1, -0.05) is 13.8 Å². The van der Waals surface area contributed by atoms with E-state index in [4.69, 9.17) is 9.47 Å². The van der Waals surface area contributed by atoms with Gasteiger partial charge in [0, 0.05) is 10.9 Å². The van der Waals surface area contributed by atoms with Crippen LogP contribution in [0, 0.1) is 5.92 Å². The first-order chi connectivity index (χ1) is 11.5. The van der Waals surface area contributed by atoms with Gasteiger partial charge in [-0.2, -0.15) is 0 Å². The molecule has 0 N–H and O–H groups in total. The molecule has 126 valence electrons. The van der Waals surface area contributed by atoms with Crippen molar-refractivity contribution in [1.82, 2.24) is 4.98 Å². The van der Waals surface area contributed by atoms with Crippen LogP contribution in [0.15, 0.2) is 29.1 Å². The Morgan fingerprint density at radius 3 is 3.00 bits per heavy atom. The van der Waals surface area contributed by atoms with Crippen molar-refractivity contribution < 1.29 is 19.1 Å². The fourth-order valence-corrected chi connectivity index (χ4v) is 2.89. The van der Waals surface area contributed by atoms with Crippen LogP contribution in [-0.2, 0) is 14.3 Å². The van der Waals surface area contributed by atoms with Crippen LogP contribution in [0.25, 0.3) is 11.3 Å². The molecule has 1 aromatic heterocycles. The summed E-state index contributed by atoms with van der Waals surface area (Å²) in [5, 5.41) is 1.93. The molecule has 2 aromatic rings. The van der Waals surface area contributed by atoms with Crippen molar-refractivity contribution >= 4 is 28.9 Å². The van der Waals surface area contributed by atoms with Gasteiger partial charge in [-0.05, 0) is 24.1 Å². The maximum atomic E-state index is 12.2. The lowest BCUT2D eigenvalue weighted by molar-refractivity contribution is -0.144. The minimum Gasteiger partial charge on any atom is -0.482 e. The van der Waals surface area contributed by atoms with Gasteiger partial charge < -0.3 is 9.47 Å². The summed E-state index contributed by atoms with van der Waals surface area (Å²) in [6.45, 7) is 4.05. The molecule has 0 fully saturated rings. The van der Waals surface area contributed by atoms with Gasteiger partial charge in [-0.25, -0.2) is 4.98 Å². The number of aromatic nitrogens is 1. The van der Waals surface area contributed by atoms with Crippen molar-refractivity contribution in [1.29, 1.82) is 0 Å². The molecule has 0 saturated heterocycles. The summed E-state index contributed by atoms with van der Waals surface area (Å²) >= 11 is 1.50. The summed E-state index contributed by atoms with van der Waals surface area (Å²) in [5.41, 5.74) is 4.01. The molecule has 1 aliphatic rings. The molecule has 0 saturated carbocycles. The quantitative estimate of drug-likeness (QED) is 0.779. The lowest BCUT2D eigenvalue weighted by Crippen LogP contribution is -2.42. The number of amides is 1. The Labute approximate surface area is 144 Å². The molecule has 3 rings (SSSR count). The number of hydrogen-bond acceptors (Lipinski definition) is 6. The molecule has 0 unspecified atom stereocenters.